The average Bonchev–Trinajstić information content (AvgIpc) is 2.59. The first-order chi connectivity index (χ1) is 12.8. The van der Waals surface area contributed by atoms with Gasteiger partial charge in [0.1, 0.15) is 0 Å². The van der Waals surface area contributed by atoms with Crippen molar-refractivity contribution < 1.29 is 13.9 Å². The fourth-order valence-electron chi connectivity index (χ4n) is 3.80. The second-order valence-electron chi connectivity index (χ2n) is 8.71. The molecule has 0 bridgehead atoms. The standard InChI is InChI=1S/C23H45NO2P/c1-6-8-9-10-11-12-13-14-15-16-17-18-19-20-22-23(21-7-2,27(25)26)24(3,4)5/h6,10-11H,1,7-9,12-22H2,2-5H3/q+1. The van der Waals surface area contributed by atoms with Crippen LogP contribution in [0, 0.1) is 0 Å². The Morgan fingerprint density at radius 2 is 1.37 bits per heavy atom. The van der Waals surface area contributed by atoms with Crippen LogP contribution in [-0.2, 0) is 4.57 Å². The highest BCUT2D eigenvalue weighted by Gasteiger charge is 2.53. The first-order valence-electron chi connectivity index (χ1n) is 11.0. The van der Waals surface area contributed by atoms with Crippen LogP contribution in [0.15, 0.2) is 24.8 Å². The normalized spacial score (nSPS) is 15.1. The molecule has 2 unspecified atom stereocenters. The predicted octanol–water partition coefficient (Wildman–Crippen LogP) is 6.72. The lowest BCUT2D eigenvalue weighted by atomic mass is 9.99. The Bertz CT molecular complexity index is 429. The zero-order valence-electron chi connectivity index (χ0n) is 18.5. The molecule has 4 heteroatoms. The van der Waals surface area contributed by atoms with Crippen LogP contribution in [0.4, 0.5) is 0 Å². The van der Waals surface area contributed by atoms with E-state index < -0.39 is 13.3 Å². The van der Waals surface area contributed by atoms with Crippen molar-refractivity contribution in [3.63, 3.8) is 0 Å². The van der Waals surface area contributed by atoms with E-state index in [1.807, 2.05) is 27.2 Å². The van der Waals surface area contributed by atoms with Crippen molar-refractivity contribution >= 4 is 8.03 Å². The summed E-state index contributed by atoms with van der Waals surface area (Å²) in [6.45, 7) is 5.82. The summed E-state index contributed by atoms with van der Waals surface area (Å²) in [5.41, 5.74) is 0. The molecule has 0 amide bonds. The molecule has 0 saturated carbocycles. The Morgan fingerprint density at radius 1 is 0.852 bits per heavy atom. The van der Waals surface area contributed by atoms with Crippen molar-refractivity contribution in [1.82, 2.24) is 0 Å². The van der Waals surface area contributed by atoms with Crippen molar-refractivity contribution in [2.24, 2.45) is 0 Å². The lowest BCUT2D eigenvalue weighted by Crippen LogP contribution is -2.55. The fourth-order valence-corrected chi connectivity index (χ4v) is 5.04. The number of quaternary nitrogens is 1. The van der Waals surface area contributed by atoms with E-state index in [4.69, 9.17) is 0 Å². The molecule has 158 valence electrons. The zero-order valence-corrected chi connectivity index (χ0v) is 19.4. The molecule has 0 aliphatic rings. The van der Waals surface area contributed by atoms with Gasteiger partial charge in [0.05, 0.1) is 21.1 Å². The molecule has 0 aliphatic heterocycles. The molecule has 0 N–H and O–H groups in total. The predicted molar refractivity (Wildman–Crippen MR) is 118 cm³/mol. The van der Waals surface area contributed by atoms with Crippen LogP contribution in [0.25, 0.3) is 0 Å². The number of hydrogen-bond donors (Lipinski definition) is 0. The summed E-state index contributed by atoms with van der Waals surface area (Å²) >= 11 is 0. The summed E-state index contributed by atoms with van der Waals surface area (Å²) in [6, 6.07) is 0. The number of nitrogens with zero attached hydrogens (tertiary/aromatic N) is 1. The molecule has 0 aromatic heterocycles. The van der Waals surface area contributed by atoms with Crippen LogP contribution >= 0.6 is 8.03 Å². The Hall–Kier alpha value is -0.500. The van der Waals surface area contributed by atoms with Crippen molar-refractivity contribution in [2.45, 2.75) is 102 Å². The Kier molecular flexibility index (Phi) is 15.1. The molecule has 0 spiro atoms. The molecule has 0 aromatic carbocycles. The zero-order chi connectivity index (χ0) is 20.6. The van der Waals surface area contributed by atoms with Gasteiger partial charge in [-0.05, 0) is 38.5 Å². The van der Waals surface area contributed by atoms with Crippen LogP contribution < -0.4 is 4.89 Å². The Balaban J connectivity index is 3.84. The molecule has 27 heavy (non-hydrogen) atoms. The minimum Gasteiger partial charge on any atom is -0.590 e. The van der Waals surface area contributed by atoms with Gasteiger partial charge in [-0.2, -0.15) is 0 Å². The fraction of sp³-hybridized carbons (Fsp3) is 0.826. The van der Waals surface area contributed by atoms with E-state index >= 15 is 0 Å². The summed E-state index contributed by atoms with van der Waals surface area (Å²) in [6.07, 6.45) is 22.4. The van der Waals surface area contributed by atoms with Gasteiger partial charge in [-0.15, -0.1) is 6.58 Å². The highest BCUT2D eigenvalue weighted by Crippen LogP contribution is 2.45. The van der Waals surface area contributed by atoms with Gasteiger partial charge in [-0.3, -0.25) is 4.48 Å². The topological polar surface area (TPSA) is 40.1 Å². The SMILES string of the molecule is C=CCCC=CCCCCCCCCCCC(CCC)([P+](=O)[O-])[N+](C)(C)C. The largest absolute Gasteiger partial charge is 0.590 e. The number of hydrogen-bond acceptors (Lipinski definition) is 2. The van der Waals surface area contributed by atoms with Crippen LogP contribution in [-0.4, -0.2) is 30.9 Å². The highest BCUT2D eigenvalue weighted by molar-refractivity contribution is 7.38. The van der Waals surface area contributed by atoms with Crippen LogP contribution in [0.3, 0.4) is 0 Å². The third-order valence-corrected chi connectivity index (χ3v) is 7.37. The molecule has 0 rings (SSSR count). The summed E-state index contributed by atoms with van der Waals surface area (Å²) in [5.74, 6) is 0. The van der Waals surface area contributed by atoms with Gasteiger partial charge in [0.25, 0.3) is 5.28 Å². The van der Waals surface area contributed by atoms with Crippen molar-refractivity contribution in [3.8, 4) is 0 Å². The van der Waals surface area contributed by atoms with Gasteiger partial charge in [0.15, 0.2) is 0 Å². The van der Waals surface area contributed by atoms with Crippen LogP contribution in [0.2, 0.25) is 0 Å². The van der Waals surface area contributed by atoms with E-state index in [9.17, 15) is 9.46 Å². The molecule has 0 radical (unpaired) electrons. The third kappa shape index (κ3) is 11.2. The van der Waals surface area contributed by atoms with Gasteiger partial charge < -0.3 is 4.89 Å². The quantitative estimate of drug-likeness (QED) is 0.111. The van der Waals surface area contributed by atoms with E-state index in [1.165, 1.54) is 44.9 Å². The molecule has 0 saturated heterocycles. The van der Waals surface area contributed by atoms with E-state index in [2.05, 4.69) is 25.7 Å². The maximum Gasteiger partial charge on any atom is 0.376 e. The molecule has 0 aromatic rings. The van der Waals surface area contributed by atoms with Crippen molar-refractivity contribution in [2.75, 3.05) is 21.1 Å². The number of allylic oxidation sites excluding steroid dienone is 3. The second-order valence-corrected chi connectivity index (χ2v) is 10.1. The van der Waals surface area contributed by atoms with Gasteiger partial charge in [0.2, 0.25) is 0 Å². The maximum atomic E-state index is 12.0. The summed E-state index contributed by atoms with van der Waals surface area (Å²) in [7, 11) is 3.65. The van der Waals surface area contributed by atoms with Gasteiger partial charge in [-0.1, -0.05) is 68.2 Å². The smallest absolute Gasteiger partial charge is 0.376 e. The van der Waals surface area contributed by atoms with Crippen LogP contribution in [0.1, 0.15) is 96.8 Å². The van der Waals surface area contributed by atoms with Crippen molar-refractivity contribution in [3.05, 3.63) is 24.8 Å². The molecular weight excluding hydrogens is 353 g/mol. The van der Waals surface area contributed by atoms with E-state index in [0.29, 0.717) is 4.48 Å². The minimum absolute atomic E-state index is 0.515. The number of unbranched alkanes of at least 4 members (excludes halogenated alkanes) is 9. The van der Waals surface area contributed by atoms with Crippen LogP contribution in [0.5, 0.6) is 0 Å². The molecule has 0 heterocycles. The van der Waals surface area contributed by atoms with Crippen molar-refractivity contribution in [1.29, 1.82) is 0 Å². The van der Waals surface area contributed by atoms with E-state index in [0.717, 1.165) is 44.9 Å². The first kappa shape index (κ1) is 26.5. The summed E-state index contributed by atoms with van der Waals surface area (Å²) in [4.78, 5) is 12.0. The molecule has 0 fully saturated rings. The first-order valence-corrected chi connectivity index (χ1v) is 12.2. The molecule has 0 aliphatic carbocycles. The summed E-state index contributed by atoms with van der Waals surface area (Å²) in [5, 5.41) is -0.594. The second kappa shape index (κ2) is 15.4. The Labute approximate surface area is 170 Å². The monoisotopic (exact) mass is 398 g/mol. The maximum absolute atomic E-state index is 12.0. The van der Waals surface area contributed by atoms with Gasteiger partial charge in [-0.25, -0.2) is 0 Å². The molecule has 3 nitrogen and oxygen atoms in total. The molecule has 2 atom stereocenters. The molecular formula is C23H45NO2P+. The minimum atomic E-state index is -2.42. The average molecular weight is 399 g/mol. The summed E-state index contributed by atoms with van der Waals surface area (Å²) < 4.78 is 12.6. The lowest BCUT2D eigenvalue weighted by Gasteiger charge is -2.39. The third-order valence-electron chi connectivity index (χ3n) is 5.64. The highest BCUT2D eigenvalue weighted by atomic mass is 31.1. The van der Waals surface area contributed by atoms with Gasteiger partial charge >= 0.3 is 8.03 Å². The van der Waals surface area contributed by atoms with Gasteiger partial charge in [0, 0.05) is 12.8 Å². The lowest BCUT2D eigenvalue weighted by molar-refractivity contribution is -0.910. The van der Waals surface area contributed by atoms with E-state index in [-0.39, 0.29) is 0 Å². The Morgan fingerprint density at radius 3 is 1.85 bits per heavy atom. The van der Waals surface area contributed by atoms with E-state index in [1.54, 1.807) is 0 Å². The number of rotatable bonds is 18.